The van der Waals surface area contributed by atoms with Crippen LogP contribution in [0.15, 0.2) is 0 Å². The summed E-state index contributed by atoms with van der Waals surface area (Å²) >= 11 is 0. The lowest BCUT2D eigenvalue weighted by molar-refractivity contribution is 0.000289. The molecule has 0 radical (unpaired) electrons. The predicted molar refractivity (Wildman–Crippen MR) is 61.8 cm³/mol. The Hall–Kier alpha value is -0.120. The first-order valence-corrected chi connectivity index (χ1v) is 6.43. The van der Waals surface area contributed by atoms with Crippen LogP contribution in [-0.4, -0.2) is 43.8 Å². The Morgan fingerprint density at radius 2 is 1.80 bits per heavy atom. The first-order valence-electron chi connectivity index (χ1n) is 6.43. The molecule has 1 aliphatic heterocycles. The van der Waals surface area contributed by atoms with E-state index in [1.54, 1.807) is 0 Å². The van der Waals surface area contributed by atoms with Crippen LogP contribution in [0.4, 0.5) is 0 Å². The summed E-state index contributed by atoms with van der Waals surface area (Å²) < 4.78 is 5.40. The van der Waals surface area contributed by atoms with Crippen molar-refractivity contribution in [3.8, 4) is 0 Å². The molecule has 0 aromatic heterocycles. The zero-order chi connectivity index (χ0) is 10.5. The summed E-state index contributed by atoms with van der Waals surface area (Å²) in [5.74, 6) is 0.849. The van der Waals surface area contributed by atoms with Crippen LogP contribution >= 0.6 is 0 Å². The molecule has 1 aliphatic carbocycles. The Morgan fingerprint density at radius 1 is 1.13 bits per heavy atom. The largest absolute Gasteiger partial charge is 0.379 e. The molecule has 0 bridgehead atoms. The molecule has 1 atom stereocenters. The monoisotopic (exact) mass is 212 g/mol. The Balaban J connectivity index is 1.88. The minimum atomic E-state index is 0.620. The van der Waals surface area contributed by atoms with Gasteiger partial charge in [-0.05, 0) is 18.8 Å². The number of ether oxygens (including phenoxy) is 1. The summed E-state index contributed by atoms with van der Waals surface area (Å²) in [6.07, 6.45) is 7.02. The number of hydrogen-bond acceptors (Lipinski definition) is 3. The maximum Gasteiger partial charge on any atom is 0.0594 e. The van der Waals surface area contributed by atoms with Crippen LogP contribution in [0.2, 0.25) is 0 Å². The highest BCUT2D eigenvalue weighted by Gasteiger charge is 2.28. The topological polar surface area (TPSA) is 38.5 Å². The van der Waals surface area contributed by atoms with Crippen molar-refractivity contribution in [3.05, 3.63) is 0 Å². The van der Waals surface area contributed by atoms with Gasteiger partial charge in [0.1, 0.15) is 0 Å². The fourth-order valence-corrected chi connectivity index (χ4v) is 3.07. The molecule has 1 heterocycles. The fraction of sp³-hybridized carbons (Fsp3) is 1.00. The number of nitrogens with two attached hydrogens (primary N) is 1. The molecular formula is C12H24N2O. The second-order valence-corrected chi connectivity index (χ2v) is 4.85. The molecule has 0 spiro atoms. The van der Waals surface area contributed by atoms with Gasteiger partial charge in [-0.3, -0.25) is 4.90 Å². The van der Waals surface area contributed by atoms with E-state index in [1.165, 1.54) is 32.1 Å². The van der Waals surface area contributed by atoms with E-state index in [0.29, 0.717) is 6.04 Å². The summed E-state index contributed by atoms with van der Waals surface area (Å²) in [7, 11) is 0. The summed E-state index contributed by atoms with van der Waals surface area (Å²) in [6, 6.07) is 0.620. The summed E-state index contributed by atoms with van der Waals surface area (Å²) in [4.78, 5) is 2.56. The van der Waals surface area contributed by atoms with Crippen molar-refractivity contribution in [3.63, 3.8) is 0 Å². The third kappa shape index (κ3) is 2.92. The second-order valence-electron chi connectivity index (χ2n) is 4.85. The second kappa shape index (κ2) is 5.83. The van der Waals surface area contributed by atoms with Gasteiger partial charge in [0.2, 0.25) is 0 Å². The van der Waals surface area contributed by atoms with Gasteiger partial charge in [0.15, 0.2) is 0 Å². The lowest BCUT2D eigenvalue weighted by atomic mass is 9.83. The summed E-state index contributed by atoms with van der Waals surface area (Å²) in [6.45, 7) is 4.77. The van der Waals surface area contributed by atoms with E-state index in [-0.39, 0.29) is 0 Å². The molecule has 2 N–H and O–H groups in total. The van der Waals surface area contributed by atoms with Gasteiger partial charge in [0.05, 0.1) is 13.2 Å². The molecule has 0 aromatic rings. The average Bonchev–Trinajstić information content (AvgIpc) is 2.33. The average molecular weight is 212 g/mol. The molecule has 88 valence electrons. The maximum atomic E-state index is 5.95. The molecule has 3 heteroatoms. The number of hydrogen-bond donors (Lipinski definition) is 1. The molecule has 1 saturated carbocycles. The summed E-state index contributed by atoms with van der Waals surface area (Å²) in [5, 5.41) is 0. The van der Waals surface area contributed by atoms with Crippen molar-refractivity contribution in [1.29, 1.82) is 0 Å². The maximum absolute atomic E-state index is 5.95. The molecular weight excluding hydrogens is 188 g/mol. The van der Waals surface area contributed by atoms with Crippen molar-refractivity contribution in [2.45, 2.75) is 38.1 Å². The van der Waals surface area contributed by atoms with E-state index in [1.807, 2.05) is 0 Å². The van der Waals surface area contributed by atoms with Gasteiger partial charge in [-0.15, -0.1) is 0 Å². The Kier molecular flexibility index (Phi) is 4.42. The zero-order valence-electron chi connectivity index (χ0n) is 9.66. The minimum absolute atomic E-state index is 0.620. The first-order chi connectivity index (χ1) is 7.42. The molecule has 2 fully saturated rings. The summed E-state index contributed by atoms with van der Waals surface area (Å²) in [5.41, 5.74) is 5.95. The SMILES string of the molecule is NCC(C1CCCCC1)N1CCOCC1. The molecule has 1 saturated heterocycles. The van der Waals surface area contributed by atoms with E-state index >= 15 is 0 Å². The van der Waals surface area contributed by atoms with Crippen molar-refractivity contribution in [1.82, 2.24) is 4.90 Å². The molecule has 2 aliphatic rings. The Labute approximate surface area is 93.0 Å². The van der Waals surface area contributed by atoms with Crippen molar-refractivity contribution in [2.24, 2.45) is 11.7 Å². The first kappa shape index (κ1) is 11.4. The van der Waals surface area contributed by atoms with Gasteiger partial charge in [0, 0.05) is 25.7 Å². The van der Waals surface area contributed by atoms with E-state index in [4.69, 9.17) is 10.5 Å². The van der Waals surface area contributed by atoms with E-state index in [0.717, 1.165) is 38.8 Å². The van der Waals surface area contributed by atoms with Gasteiger partial charge >= 0.3 is 0 Å². The number of morpholine rings is 1. The van der Waals surface area contributed by atoms with Crippen LogP contribution in [0.25, 0.3) is 0 Å². The third-order valence-electron chi connectivity index (χ3n) is 3.95. The van der Waals surface area contributed by atoms with Crippen LogP contribution in [0, 0.1) is 5.92 Å². The fourth-order valence-electron chi connectivity index (χ4n) is 3.07. The number of rotatable bonds is 3. The van der Waals surface area contributed by atoms with Crippen LogP contribution in [0.1, 0.15) is 32.1 Å². The number of nitrogens with zero attached hydrogens (tertiary/aromatic N) is 1. The van der Waals surface area contributed by atoms with Crippen LogP contribution < -0.4 is 5.73 Å². The molecule has 1 unspecified atom stereocenters. The quantitative estimate of drug-likeness (QED) is 0.764. The van der Waals surface area contributed by atoms with Gasteiger partial charge in [-0.2, -0.15) is 0 Å². The van der Waals surface area contributed by atoms with E-state index in [9.17, 15) is 0 Å². The van der Waals surface area contributed by atoms with Gasteiger partial charge in [-0.1, -0.05) is 19.3 Å². The van der Waals surface area contributed by atoms with Crippen LogP contribution in [0.3, 0.4) is 0 Å². The normalized spacial score (nSPS) is 27.8. The highest BCUT2D eigenvalue weighted by molar-refractivity contribution is 4.83. The van der Waals surface area contributed by atoms with Crippen LogP contribution in [0.5, 0.6) is 0 Å². The van der Waals surface area contributed by atoms with E-state index < -0.39 is 0 Å². The smallest absolute Gasteiger partial charge is 0.0594 e. The molecule has 3 nitrogen and oxygen atoms in total. The van der Waals surface area contributed by atoms with Crippen molar-refractivity contribution >= 4 is 0 Å². The third-order valence-corrected chi connectivity index (χ3v) is 3.95. The molecule has 0 aromatic carbocycles. The van der Waals surface area contributed by atoms with Crippen molar-refractivity contribution < 1.29 is 4.74 Å². The standard InChI is InChI=1S/C12H24N2O/c13-10-12(11-4-2-1-3-5-11)14-6-8-15-9-7-14/h11-12H,1-10,13H2. The minimum Gasteiger partial charge on any atom is -0.379 e. The van der Waals surface area contributed by atoms with Gasteiger partial charge < -0.3 is 10.5 Å². The molecule has 2 rings (SSSR count). The zero-order valence-corrected chi connectivity index (χ0v) is 9.66. The van der Waals surface area contributed by atoms with Gasteiger partial charge in [0.25, 0.3) is 0 Å². The van der Waals surface area contributed by atoms with Crippen molar-refractivity contribution in [2.75, 3.05) is 32.8 Å². The predicted octanol–water partition coefficient (Wildman–Crippen LogP) is 1.23. The Morgan fingerprint density at radius 3 is 2.40 bits per heavy atom. The lowest BCUT2D eigenvalue weighted by Gasteiger charge is -2.40. The molecule has 0 amide bonds. The highest BCUT2D eigenvalue weighted by Crippen LogP contribution is 2.28. The molecule has 15 heavy (non-hydrogen) atoms. The van der Waals surface area contributed by atoms with Crippen LogP contribution in [-0.2, 0) is 4.74 Å². The Bertz CT molecular complexity index is 156. The van der Waals surface area contributed by atoms with E-state index in [2.05, 4.69) is 4.90 Å². The lowest BCUT2D eigenvalue weighted by Crippen LogP contribution is -2.50. The van der Waals surface area contributed by atoms with Gasteiger partial charge in [-0.25, -0.2) is 0 Å². The highest BCUT2D eigenvalue weighted by atomic mass is 16.5.